The second-order valence-electron chi connectivity index (χ2n) is 8.01. The van der Waals surface area contributed by atoms with Gasteiger partial charge in [-0.25, -0.2) is 4.79 Å². The molecule has 1 aromatic heterocycles. The molecule has 1 fully saturated rings. The number of hydrogen-bond acceptors (Lipinski definition) is 8. The number of rotatable bonds is 10. The zero-order chi connectivity index (χ0) is 25.1. The van der Waals surface area contributed by atoms with E-state index in [0.29, 0.717) is 22.3 Å². The number of carboxylic acids is 2. The maximum atomic E-state index is 12.8. The van der Waals surface area contributed by atoms with Crippen LogP contribution in [0.5, 0.6) is 0 Å². The third-order valence-electron chi connectivity index (χ3n) is 5.64. The van der Waals surface area contributed by atoms with Crippen molar-refractivity contribution in [2.24, 2.45) is 7.05 Å². The van der Waals surface area contributed by atoms with E-state index in [9.17, 15) is 24.3 Å². The lowest BCUT2D eigenvalue weighted by atomic mass is 10.0. The number of thioether (sulfide) groups is 2. The van der Waals surface area contributed by atoms with E-state index in [4.69, 9.17) is 5.11 Å². The van der Waals surface area contributed by atoms with Gasteiger partial charge >= 0.3 is 11.9 Å². The molecule has 0 saturated carbocycles. The van der Waals surface area contributed by atoms with Crippen molar-refractivity contribution in [3.8, 4) is 0 Å². The number of nitrogens with one attached hydrogen (secondary N) is 1. The molecule has 184 valence electrons. The van der Waals surface area contributed by atoms with Crippen LogP contribution in [-0.2, 0) is 39.1 Å². The number of carbonyl (C=O) groups is 4. The SMILES string of the molecule is Cn1c(CCC(=O)O)nnc1SCC1=C(C(=O)O)N2C(=O)C(NC(=O)Cc3ccccc3)[C@@H]2SC1. The lowest BCUT2D eigenvalue weighted by molar-refractivity contribution is -0.150. The van der Waals surface area contributed by atoms with Crippen LogP contribution in [0.3, 0.4) is 0 Å². The highest BCUT2D eigenvalue weighted by atomic mass is 32.2. The molecule has 3 heterocycles. The molecular formula is C22H23N5O6S2. The van der Waals surface area contributed by atoms with Crippen LogP contribution in [-0.4, -0.2) is 76.6 Å². The maximum absolute atomic E-state index is 12.8. The van der Waals surface area contributed by atoms with E-state index in [0.717, 1.165) is 5.56 Å². The molecule has 13 heteroatoms. The first-order chi connectivity index (χ1) is 16.8. The minimum Gasteiger partial charge on any atom is -0.481 e. The van der Waals surface area contributed by atoms with E-state index < -0.39 is 29.3 Å². The summed E-state index contributed by atoms with van der Waals surface area (Å²) in [5.41, 5.74) is 1.33. The summed E-state index contributed by atoms with van der Waals surface area (Å²) in [6, 6.07) is 8.40. The lowest BCUT2D eigenvalue weighted by Crippen LogP contribution is -2.70. The van der Waals surface area contributed by atoms with Gasteiger partial charge in [-0.05, 0) is 11.1 Å². The number of amides is 2. The molecule has 1 saturated heterocycles. The molecule has 0 spiro atoms. The first-order valence-corrected chi connectivity index (χ1v) is 12.8. The summed E-state index contributed by atoms with van der Waals surface area (Å²) in [7, 11) is 1.72. The average molecular weight is 518 g/mol. The third kappa shape index (κ3) is 5.35. The summed E-state index contributed by atoms with van der Waals surface area (Å²) in [5, 5.41) is 29.6. The molecule has 4 rings (SSSR count). The zero-order valence-corrected chi connectivity index (χ0v) is 20.3. The number of fused-ring (bicyclic) bond motifs is 1. The van der Waals surface area contributed by atoms with Crippen molar-refractivity contribution in [1.29, 1.82) is 0 Å². The second kappa shape index (κ2) is 10.5. The van der Waals surface area contributed by atoms with Crippen molar-refractivity contribution in [2.75, 3.05) is 11.5 Å². The fourth-order valence-corrected chi connectivity index (χ4v) is 6.27. The van der Waals surface area contributed by atoms with Crippen LogP contribution < -0.4 is 5.32 Å². The van der Waals surface area contributed by atoms with Gasteiger partial charge in [-0.3, -0.25) is 19.3 Å². The first-order valence-electron chi connectivity index (χ1n) is 10.7. The number of carboxylic acid groups (broad SMARTS) is 2. The Hall–Kier alpha value is -3.32. The van der Waals surface area contributed by atoms with E-state index in [1.54, 1.807) is 11.6 Å². The Balaban J connectivity index is 1.41. The Morgan fingerprint density at radius 3 is 2.63 bits per heavy atom. The van der Waals surface area contributed by atoms with Crippen LogP contribution in [0.4, 0.5) is 0 Å². The van der Waals surface area contributed by atoms with Gasteiger partial charge in [-0.2, -0.15) is 0 Å². The van der Waals surface area contributed by atoms with E-state index in [2.05, 4.69) is 15.5 Å². The zero-order valence-electron chi connectivity index (χ0n) is 18.7. The molecule has 2 atom stereocenters. The van der Waals surface area contributed by atoms with Gasteiger partial charge in [0.05, 0.1) is 12.8 Å². The summed E-state index contributed by atoms with van der Waals surface area (Å²) in [5.74, 6) is -1.68. The number of aryl methyl sites for hydroxylation is 1. The largest absolute Gasteiger partial charge is 0.481 e. The van der Waals surface area contributed by atoms with Crippen LogP contribution in [0.25, 0.3) is 0 Å². The quantitative estimate of drug-likeness (QED) is 0.306. The molecule has 1 aromatic carbocycles. The van der Waals surface area contributed by atoms with Crippen molar-refractivity contribution in [3.05, 3.63) is 53.0 Å². The number of benzene rings is 1. The molecule has 2 aromatic rings. The third-order valence-corrected chi connectivity index (χ3v) is 8.08. The van der Waals surface area contributed by atoms with Crippen LogP contribution in [0.1, 0.15) is 17.8 Å². The molecule has 1 unspecified atom stereocenters. The first kappa shape index (κ1) is 24.8. The van der Waals surface area contributed by atoms with E-state index in [1.165, 1.54) is 28.4 Å². The highest BCUT2D eigenvalue weighted by molar-refractivity contribution is 8.01. The molecule has 2 aliphatic heterocycles. The molecule has 2 amide bonds. The molecular weight excluding hydrogens is 494 g/mol. The fraction of sp³-hybridized carbons (Fsp3) is 0.364. The topological polar surface area (TPSA) is 155 Å². The molecule has 11 nitrogen and oxygen atoms in total. The standard InChI is InChI=1S/C22H23N5O6S2/c1-26-14(7-8-16(29)30)24-25-22(26)35-11-13-10-34-20-17(19(31)27(20)18(13)21(32)33)23-15(28)9-12-5-3-2-4-6-12/h2-6,17,20H,7-11H2,1H3,(H,23,28)(H,29,30)(H,32,33)/t17?,20-/m0/s1. The maximum Gasteiger partial charge on any atom is 0.352 e. The summed E-state index contributed by atoms with van der Waals surface area (Å²) < 4.78 is 1.68. The predicted molar refractivity (Wildman–Crippen MR) is 128 cm³/mol. The van der Waals surface area contributed by atoms with Gasteiger partial charge in [0.1, 0.15) is 22.9 Å². The highest BCUT2D eigenvalue weighted by Gasteiger charge is 2.54. The summed E-state index contributed by atoms with van der Waals surface area (Å²) in [6.07, 6.45) is 0.306. The number of hydrogen-bond donors (Lipinski definition) is 3. The smallest absolute Gasteiger partial charge is 0.352 e. The monoisotopic (exact) mass is 517 g/mol. The molecule has 0 bridgehead atoms. The van der Waals surface area contributed by atoms with E-state index >= 15 is 0 Å². The van der Waals surface area contributed by atoms with Gasteiger partial charge in [-0.1, -0.05) is 42.1 Å². The number of β-lactam (4-membered cyclic amide) rings is 1. The molecule has 0 radical (unpaired) electrons. The fourth-order valence-electron chi connectivity index (χ4n) is 3.86. The molecule has 2 aliphatic rings. The van der Waals surface area contributed by atoms with Crippen LogP contribution in [0.15, 0.2) is 46.8 Å². The van der Waals surface area contributed by atoms with Gasteiger partial charge in [0.2, 0.25) is 5.91 Å². The van der Waals surface area contributed by atoms with E-state index in [-0.39, 0.29) is 36.6 Å². The second-order valence-corrected chi connectivity index (χ2v) is 10.1. The summed E-state index contributed by atoms with van der Waals surface area (Å²) >= 11 is 2.68. The van der Waals surface area contributed by atoms with Gasteiger partial charge < -0.3 is 20.1 Å². The summed E-state index contributed by atoms with van der Waals surface area (Å²) in [4.78, 5) is 49.3. The Morgan fingerprint density at radius 2 is 1.94 bits per heavy atom. The number of carbonyl (C=O) groups excluding carboxylic acids is 2. The molecule has 3 N–H and O–H groups in total. The number of aromatic nitrogens is 3. The number of nitrogens with zero attached hydrogens (tertiary/aromatic N) is 4. The Kier molecular flexibility index (Phi) is 7.45. The Bertz CT molecular complexity index is 1200. The van der Waals surface area contributed by atoms with Crippen molar-refractivity contribution >= 4 is 47.3 Å². The van der Waals surface area contributed by atoms with Crippen LogP contribution in [0, 0.1) is 0 Å². The molecule has 0 aliphatic carbocycles. The highest BCUT2D eigenvalue weighted by Crippen LogP contribution is 2.41. The minimum absolute atomic E-state index is 0.0620. The summed E-state index contributed by atoms with van der Waals surface area (Å²) in [6.45, 7) is 0. The van der Waals surface area contributed by atoms with Crippen molar-refractivity contribution < 1.29 is 29.4 Å². The van der Waals surface area contributed by atoms with Crippen molar-refractivity contribution in [1.82, 2.24) is 25.0 Å². The minimum atomic E-state index is -1.20. The van der Waals surface area contributed by atoms with Crippen LogP contribution in [0.2, 0.25) is 0 Å². The van der Waals surface area contributed by atoms with Gasteiger partial charge in [0.25, 0.3) is 5.91 Å². The normalized spacial score (nSPS) is 19.2. The van der Waals surface area contributed by atoms with Gasteiger partial charge in [0, 0.05) is 25.0 Å². The number of aliphatic carboxylic acids is 2. The Labute approximate surface area is 209 Å². The van der Waals surface area contributed by atoms with Crippen molar-refractivity contribution in [2.45, 2.75) is 35.8 Å². The van der Waals surface area contributed by atoms with Gasteiger partial charge in [0.15, 0.2) is 5.16 Å². The lowest BCUT2D eigenvalue weighted by Gasteiger charge is -2.49. The molecule has 35 heavy (non-hydrogen) atoms. The van der Waals surface area contributed by atoms with Crippen molar-refractivity contribution in [3.63, 3.8) is 0 Å². The van der Waals surface area contributed by atoms with Gasteiger partial charge in [-0.15, -0.1) is 22.0 Å². The van der Waals surface area contributed by atoms with Crippen LogP contribution >= 0.6 is 23.5 Å². The van der Waals surface area contributed by atoms with E-state index in [1.807, 2.05) is 30.3 Å². The Morgan fingerprint density at radius 1 is 1.20 bits per heavy atom. The predicted octanol–water partition coefficient (Wildman–Crippen LogP) is 0.906. The average Bonchev–Trinajstić information content (AvgIpc) is 3.18.